The highest BCUT2D eigenvalue weighted by Crippen LogP contribution is 2.39. The number of nitriles is 1. The van der Waals surface area contributed by atoms with E-state index in [-0.39, 0.29) is 70.5 Å². The molecule has 123 heavy (non-hydrogen) atoms. The number of carbonyl (C=O) groups is 4. The lowest BCUT2D eigenvalue weighted by molar-refractivity contribution is -0.141. The van der Waals surface area contributed by atoms with Crippen LogP contribution in [-0.2, 0) is 19.2 Å². The molecule has 0 saturated carbocycles. The van der Waals surface area contributed by atoms with E-state index in [0.29, 0.717) is 121 Å². The van der Waals surface area contributed by atoms with Gasteiger partial charge in [0.15, 0.2) is 23.3 Å². The molecule has 0 unspecified atom stereocenters. The van der Waals surface area contributed by atoms with E-state index in [1.165, 1.54) is 96.9 Å². The predicted octanol–water partition coefficient (Wildman–Crippen LogP) is 17.9. The zero-order chi connectivity index (χ0) is 88.7. The number of thioether (sulfide) groups is 2. The van der Waals surface area contributed by atoms with Gasteiger partial charge in [-0.2, -0.15) is 81.5 Å². The number of fused-ring (bicyclic) bond motifs is 5. The highest BCUT2D eigenvalue weighted by Gasteiger charge is 2.50. The molecule has 1 aliphatic heterocycles. The summed E-state index contributed by atoms with van der Waals surface area (Å²) in [5.41, 5.74) is 3.92. The van der Waals surface area contributed by atoms with Gasteiger partial charge in [-0.25, -0.2) is 64.2 Å². The molecule has 668 valence electrons. The molecule has 13 aromatic rings. The number of halogens is 17. The van der Waals surface area contributed by atoms with E-state index in [0.717, 1.165) is 5.39 Å². The van der Waals surface area contributed by atoms with Gasteiger partial charge in [0.2, 0.25) is 23.6 Å². The molecule has 14 rings (SSSR count). The van der Waals surface area contributed by atoms with Crippen molar-refractivity contribution in [2.75, 3.05) is 77.6 Å². The van der Waals surface area contributed by atoms with Crippen LogP contribution in [0.15, 0.2) is 135 Å². The summed E-state index contributed by atoms with van der Waals surface area (Å²) in [4.78, 5) is 115. The SMILES string of the molecule is CSC[C@H](Nc1ccnc(-c2c[nH]c3ncc(Cl)cc23)n1)C(=O)NCC(F)(F)F.CSC[C@H](Nc1nc(-c2c[nH]c3ncc(Cl)cc23)nc2ccccc12)C(=O)NCC(F)(F)F.C[C@]1(C(=O)NCC(F)(F)F)C[C@H](F)CN1c1ccnc(-c2c[nH]c3ncc(Cl)cc23)n1.N#CCC[C@H](Nc1ccnc(-c2c[nH]c3ncc(Cl)cc23)n1)C(=O)NCC(F)(F)F.[HH].[HH].[HH].[HH].[HH].[HH].[HH].[HH].[HH].[HH].[HH]. The molecule has 12 aromatic heterocycles. The highest BCUT2D eigenvalue weighted by molar-refractivity contribution is 7.98. The largest absolute Gasteiger partial charge is 0.405 e. The normalized spacial score (nSPS) is 14.9. The minimum Gasteiger partial charge on any atom is -0.358 e. The first-order valence-electron chi connectivity index (χ1n) is 36.1. The van der Waals surface area contributed by atoms with Gasteiger partial charge in [0.05, 0.1) is 38.2 Å². The molecule has 1 aromatic carbocycles. The number of alkyl halides is 13. The number of amides is 4. The second kappa shape index (κ2) is 39.9. The lowest BCUT2D eigenvalue weighted by atomic mass is 9.97. The molecule has 13 heterocycles. The number of aromatic amines is 4. The maximum Gasteiger partial charge on any atom is 0.405 e. The van der Waals surface area contributed by atoms with Gasteiger partial charge in [0, 0.05) is 157 Å². The van der Waals surface area contributed by atoms with Crippen LogP contribution in [0.1, 0.15) is 41.9 Å². The molecule has 4 amide bonds. The van der Waals surface area contributed by atoms with Crippen LogP contribution in [0.4, 0.5) is 80.3 Å². The molecule has 0 radical (unpaired) electrons. The molecule has 48 heteroatoms. The standard InChI is InChI=1S/C21H18ClF3N6OS.C19H17ClF4N6O.C18H15ClF3N7O.C17H16ClF3N6OS.11H2/c1-33-9-16(20(32)28-10-21(23,24)25)30-18-12-4-2-3-5-15(12)29-19(31-18)14-8-27-17-13(14)6-11(22)7-26-17;1-18(17(31)28-9-19(22,23)24)5-11(21)8-30(18)14-2-3-25-16(29-14)13-7-27-15-12(13)4-10(20)6-26-15;19-10-6-11-12(8-26-15(11)25-7-10)16-24-5-3-14(29-16)28-13(2-1-4-23)17(30)27-9-18(20,21)22;1-29-7-12(16(28)25-8-17(19,20)21)26-13-2-3-22-15(27-13)11-6-24-14-10(11)4-9(18)5-23-14;;;;;;;;;;;/h2-8,16H,9-10H2,1H3,(H,26,27)(H,28,32)(H,29,30,31);2-4,6-7,11H,5,8-9H2,1H3,(H,26,27)(H,28,31);3,5-8,13H,1-2,9H2,(H,25,26)(H,27,30)(H,24,28,29);2-6,12H,7-8H2,1H3,(H,23,24)(H,25,28)(H,22,26,27);11*1H/t16-;11-,18+;13-;12-;;;;;;;;;;;/m0000.........../s1. The number of pyridine rings is 4. The van der Waals surface area contributed by atoms with Crippen molar-refractivity contribution in [2.24, 2.45) is 0 Å². The summed E-state index contributed by atoms with van der Waals surface area (Å²) in [7, 11) is 0. The molecule has 29 nitrogen and oxygen atoms in total. The van der Waals surface area contributed by atoms with Gasteiger partial charge in [-0.1, -0.05) is 58.5 Å². The first-order valence-corrected chi connectivity index (χ1v) is 40.4. The van der Waals surface area contributed by atoms with Crippen molar-refractivity contribution < 1.29 is 91.9 Å². The number of anilines is 4. The molecule has 0 spiro atoms. The number of aromatic nitrogens is 16. The minimum absolute atomic E-state index is 0. The van der Waals surface area contributed by atoms with E-state index in [9.17, 15) is 76.3 Å². The van der Waals surface area contributed by atoms with Crippen molar-refractivity contribution in [3.05, 3.63) is 155 Å². The number of H-pyrrole nitrogens is 4. The van der Waals surface area contributed by atoms with Crippen molar-refractivity contribution in [2.45, 2.75) is 80.7 Å². The zero-order valence-electron chi connectivity index (χ0n) is 63.7. The Morgan fingerprint density at radius 2 is 0.894 bits per heavy atom. The maximum atomic E-state index is 14.3. The molecule has 1 fully saturated rings. The monoisotopic (exact) mass is 1850 g/mol. The topological polar surface area (TPSA) is 397 Å². The van der Waals surface area contributed by atoms with Crippen LogP contribution in [0.2, 0.25) is 20.1 Å². The van der Waals surface area contributed by atoms with Gasteiger partial charge in [-0.15, -0.1) is 0 Å². The zero-order valence-corrected chi connectivity index (χ0v) is 68.4. The Kier molecular flexibility index (Phi) is 29.8. The fraction of sp³-hybridized carbons (Fsp3) is 0.293. The molecule has 1 saturated heterocycles. The van der Waals surface area contributed by atoms with Gasteiger partial charge in [0.25, 0.3) is 0 Å². The number of hydrogen-bond donors (Lipinski definition) is 11. The quantitative estimate of drug-likeness (QED) is 0.0237. The van der Waals surface area contributed by atoms with E-state index in [4.69, 9.17) is 51.7 Å². The van der Waals surface area contributed by atoms with E-state index < -0.39 is 104 Å². The summed E-state index contributed by atoms with van der Waals surface area (Å²) in [6.07, 6.45) is 0.784. The van der Waals surface area contributed by atoms with Crippen LogP contribution < -0.4 is 42.1 Å². The number of benzene rings is 1. The van der Waals surface area contributed by atoms with Crippen LogP contribution in [-0.4, -0.2) is 215 Å². The number of rotatable bonds is 25. The number of para-hydroxylation sites is 1. The van der Waals surface area contributed by atoms with Crippen LogP contribution in [0, 0.1) is 11.3 Å². The van der Waals surface area contributed by atoms with Crippen molar-refractivity contribution in [1.29, 1.82) is 5.26 Å². The minimum atomic E-state index is -4.57. The summed E-state index contributed by atoms with van der Waals surface area (Å²) < 4.78 is 164. The Morgan fingerprint density at radius 3 is 1.32 bits per heavy atom. The molecule has 1 aliphatic rings. The van der Waals surface area contributed by atoms with Crippen LogP contribution in [0.5, 0.6) is 0 Å². The molecule has 11 N–H and O–H groups in total. The molecule has 0 aliphatic carbocycles. The average molecular weight is 1860 g/mol. The van der Waals surface area contributed by atoms with Crippen LogP contribution >= 0.6 is 69.9 Å². The Balaban J connectivity index is 0.00000171. The van der Waals surface area contributed by atoms with E-state index in [1.54, 1.807) is 79.8 Å². The predicted molar refractivity (Wildman–Crippen MR) is 465 cm³/mol. The Hall–Kier alpha value is -11.9. The smallest absolute Gasteiger partial charge is 0.358 e. The lowest BCUT2D eigenvalue weighted by Gasteiger charge is -2.34. The molecular weight excluding hydrogens is 1770 g/mol. The second-order valence-electron chi connectivity index (χ2n) is 26.9. The van der Waals surface area contributed by atoms with Gasteiger partial charge in [-0.3, -0.25) is 19.2 Å². The van der Waals surface area contributed by atoms with Gasteiger partial charge in [-0.05, 0) is 80.5 Å². The van der Waals surface area contributed by atoms with Crippen molar-refractivity contribution >= 4 is 172 Å². The first-order chi connectivity index (χ1) is 58.3. The van der Waals surface area contributed by atoms with Crippen LogP contribution in [0.25, 0.3) is 101 Å². The molecule has 0 bridgehead atoms. The summed E-state index contributed by atoms with van der Waals surface area (Å²) >= 11 is 26.8. The third kappa shape index (κ3) is 24.7. The number of hydrogen-bond acceptors (Lipinski definition) is 23. The Labute approximate surface area is 731 Å². The number of nitrogens with one attached hydrogen (secondary N) is 11. The maximum absolute atomic E-state index is 14.3. The van der Waals surface area contributed by atoms with Crippen LogP contribution in [0.3, 0.4) is 0 Å². The fourth-order valence-electron chi connectivity index (χ4n) is 12.3. The third-order valence-corrected chi connectivity index (χ3v) is 20.0. The van der Waals surface area contributed by atoms with Crippen molar-refractivity contribution in [3.63, 3.8) is 0 Å². The number of nitrogens with zero attached hydrogens (tertiary/aromatic N) is 14. The summed E-state index contributed by atoms with van der Waals surface area (Å²) in [6.45, 7) is -4.55. The lowest BCUT2D eigenvalue weighted by Crippen LogP contribution is -2.55. The summed E-state index contributed by atoms with van der Waals surface area (Å²) in [6, 6.07) is 17.5. The Bertz CT molecular complexity index is 6040. The van der Waals surface area contributed by atoms with E-state index in [1.807, 2.05) is 33.4 Å². The third-order valence-electron chi connectivity index (χ3n) is 17.8. The molecular formula is C75H88Cl4F13N25O4S2. The van der Waals surface area contributed by atoms with Gasteiger partial charge >= 0.3 is 24.7 Å². The summed E-state index contributed by atoms with van der Waals surface area (Å²) in [5, 5.41) is 30.1. The van der Waals surface area contributed by atoms with Gasteiger partial charge in [0.1, 0.15) is 102 Å². The van der Waals surface area contributed by atoms with E-state index in [2.05, 4.69) is 95.7 Å². The number of carbonyl (C=O) groups excluding carboxylic acids is 4. The first kappa shape index (κ1) is 91.8. The fourth-order valence-corrected chi connectivity index (χ4v) is 14.1. The highest BCUT2D eigenvalue weighted by atomic mass is 35.5. The summed E-state index contributed by atoms with van der Waals surface area (Å²) in [5.74, 6) is -0.491. The van der Waals surface area contributed by atoms with Crippen molar-refractivity contribution in [1.82, 2.24) is 101 Å². The Morgan fingerprint density at radius 1 is 0.512 bits per heavy atom. The van der Waals surface area contributed by atoms with Gasteiger partial charge < -0.3 is 62.1 Å². The second-order valence-corrected chi connectivity index (χ2v) is 30.4. The van der Waals surface area contributed by atoms with E-state index >= 15 is 0 Å². The molecule has 5 atom stereocenters. The average Bonchev–Trinajstić information content (AvgIpc) is 1.62. The van der Waals surface area contributed by atoms with Crippen molar-refractivity contribution in [3.8, 4) is 51.6 Å².